The topological polar surface area (TPSA) is 18.5 Å². The van der Waals surface area contributed by atoms with E-state index in [9.17, 15) is 0 Å². The van der Waals surface area contributed by atoms with Crippen LogP contribution in [0.2, 0.25) is 0 Å². The van der Waals surface area contributed by atoms with Crippen LogP contribution in [0.4, 0.5) is 0 Å². The Bertz CT molecular complexity index is 448. The Kier molecular flexibility index (Phi) is 4.87. The van der Waals surface area contributed by atoms with Crippen LogP contribution in [0, 0.1) is 11.8 Å². The minimum absolute atomic E-state index is 0.254. The third-order valence-electron chi connectivity index (χ3n) is 2.90. The van der Waals surface area contributed by atoms with Gasteiger partial charge >= 0.3 is 0 Å². The lowest BCUT2D eigenvalue weighted by atomic mass is 10.1. The van der Waals surface area contributed by atoms with Gasteiger partial charge in [-0.05, 0) is 43.5 Å². The van der Waals surface area contributed by atoms with Crippen molar-refractivity contribution >= 4 is 0 Å². The summed E-state index contributed by atoms with van der Waals surface area (Å²) in [5.41, 5.74) is 0.985. The predicted molar refractivity (Wildman–Crippen MR) is 72.6 cm³/mol. The zero-order valence-corrected chi connectivity index (χ0v) is 10.7. The highest BCUT2D eigenvalue weighted by atomic mass is 16.5. The molecule has 1 aromatic carbocycles. The first kappa shape index (κ1) is 12.7. The van der Waals surface area contributed by atoms with Crippen LogP contribution in [0.5, 0.6) is 5.75 Å². The summed E-state index contributed by atoms with van der Waals surface area (Å²) in [7, 11) is 1.66. The number of methoxy groups -OCH3 is 1. The van der Waals surface area contributed by atoms with Gasteiger partial charge in [0.25, 0.3) is 0 Å². The van der Waals surface area contributed by atoms with E-state index in [4.69, 9.17) is 9.47 Å². The van der Waals surface area contributed by atoms with Gasteiger partial charge in [0.2, 0.25) is 0 Å². The number of benzene rings is 1. The molecule has 1 aliphatic rings. The van der Waals surface area contributed by atoms with Gasteiger partial charge in [0.05, 0.1) is 13.2 Å². The standard InChI is InChI=1S/C16H18O2/c1-17-15-11-9-14(10-12-15)6-5-13-18-16-7-3-2-4-8-16/h3,7,9-12,16H,2,4,8,13H2,1H3. The molecule has 0 heterocycles. The Morgan fingerprint density at radius 1 is 1.28 bits per heavy atom. The van der Waals surface area contributed by atoms with E-state index in [1.165, 1.54) is 12.8 Å². The van der Waals surface area contributed by atoms with Gasteiger partial charge in [0.1, 0.15) is 12.4 Å². The lowest BCUT2D eigenvalue weighted by Gasteiger charge is -2.14. The molecule has 0 saturated carbocycles. The van der Waals surface area contributed by atoms with Crippen LogP contribution in [0.15, 0.2) is 36.4 Å². The smallest absolute Gasteiger partial charge is 0.118 e. The minimum atomic E-state index is 0.254. The van der Waals surface area contributed by atoms with Crippen molar-refractivity contribution in [2.24, 2.45) is 0 Å². The molecule has 0 aromatic heterocycles. The Morgan fingerprint density at radius 2 is 2.11 bits per heavy atom. The average molecular weight is 242 g/mol. The van der Waals surface area contributed by atoms with Crippen molar-refractivity contribution in [3.63, 3.8) is 0 Å². The monoisotopic (exact) mass is 242 g/mol. The van der Waals surface area contributed by atoms with Crippen LogP contribution < -0.4 is 4.74 Å². The first-order valence-corrected chi connectivity index (χ1v) is 6.29. The van der Waals surface area contributed by atoms with E-state index in [-0.39, 0.29) is 6.10 Å². The number of allylic oxidation sites excluding steroid dienone is 1. The lowest BCUT2D eigenvalue weighted by Crippen LogP contribution is -2.12. The molecular formula is C16H18O2. The van der Waals surface area contributed by atoms with Crippen molar-refractivity contribution in [2.45, 2.75) is 25.4 Å². The molecule has 1 aliphatic carbocycles. The largest absolute Gasteiger partial charge is 0.497 e. The van der Waals surface area contributed by atoms with E-state index in [0.29, 0.717) is 6.61 Å². The summed E-state index contributed by atoms with van der Waals surface area (Å²) >= 11 is 0. The molecule has 0 radical (unpaired) electrons. The summed E-state index contributed by atoms with van der Waals surface area (Å²) in [6.45, 7) is 0.487. The average Bonchev–Trinajstić information content (AvgIpc) is 2.45. The first-order valence-electron chi connectivity index (χ1n) is 6.29. The van der Waals surface area contributed by atoms with Gasteiger partial charge in [-0.2, -0.15) is 0 Å². The number of hydrogen-bond acceptors (Lipinski definition) is 2. The van der Waals surface area contributed by atoms with E-state index in [0.717, 1.165) is 17.7 Å². The molecule has 0 aliphatic heterocycles. The first-order chi connectivity index (χ1) is 8.88. The number of ether oxygens (including phenoxy) is 2. The number of rotatable bonds is 3. The van der Waals surface area contributed by atoms with Gasteiger partial charge in [0.15, 0.2) is 0 Å². The molecule has 0 fully saturated rings. The minimum Gasteiger partial charge on any atom is -0.497 e. The fourth-order valence-electron chi connectivity index (χ4n) is 1.88. The molecule has 2 rings (SSSR count). The van der Waals surface area contributed by atoms with Crippen molar-refractivity contribution in [3.05, 3.63) is 42.0 Å². The SMILES string of the molecule is COc1ccc(C#CCOC2C=CCCC2)cc1. The molecule has 18 heavy (non-hydrogen) atoms. The van der Waals surface area contributed by atoms with Gasteiger partial charge in [-0.25, -0.2) is 0 Å². The van der Waals surface area contributed by atoms with Crippen LogP contribution in [-0.2, 0) is 4.74 Å². The Balaban J connectivity index is 1.80. The second kappa shape index (κ2) is 6.88. The highest BCUT2D eigenvalue weighted by Gasteiger charge is 2.06. The molecule has 1 unspecified atom stereocenters. The van der Waals surface area contributed by atoms with Crippen LogP contribution >= 0.6 is 0 Å². The molecule has 94 valence electrons. The Hall–Kier alpha value is -1.72. The molecular weight excluding hydrogens is 224 g/mol. The van der Waals surface area contributed by atoms with Crippen LogP contribution in [0.25, 0.3) is 0 Å². The Morgan fingerprint density at radius 3 is 2.78 bits per heavy atom. The van der Waals surface area contributed by atoms with Crippen molar-refractivity contribution < 1.29 is 9.47 Å². The summed E-state index contributed by atoms with van der Waals surface area (Å²) < 4.78 is 10.8. The van der Waals surface area contributed by atoms with Gasteiger partial charge < -0.3 is 9.47 Å². The maximum atomic E-state index is 5.66. The lowest BCUT2D eigenvalue weighted by molar-refractivity contribution is 0.102. The maximum Gasteiger partial charge on any atom is 0.118 e. The van der Waals surface area contributed by atoms with Gasteiger partial charge in [-0.15, -0.1) is 0 Å². The van der Waals surface area contributed by atoms with E-state index < -0.39 is 0 Å². The second-order valence-electron chi connectivity index (χ2n) is 4.24. The van der Waals surface area contributed by atoms with Gasteiger partial charge in [0, 0.05) is 5.56 Å². The quantitative estimate of drug-likeness (QED) is 0.598. The van der Waals surface area contributed by atoms with Crippen molar-refractivity contribution in [3.8, 4) is 17.6 Å². The van der Waals surface area contributed by atoms with E-state index in [1.807, 2.05) is 24.3 Å². The van der Waals surface area contributed by atoms with Crippen LogP contribution in [0.1, 0.15) is 24.8 Å². The predicted octanol–water partition coefficient (Wildman–Crippen LogP) is 3.17. The van der Waals surface area contributed by atoms with E-state index >= 15 is 0 Å². The van der Waals surface area contributed by atoms with Crippen molar-refractivity contribution in [1.29, 1.82) is 0 Å². The van der Waals surface area contributed by atoms with Crippen LogP contribution in [-0.4, -0.2) is 19.8 Å². The van der Waals surface area contributed by atoms with Crippen LogP contribution in [0.3, 0.4) is 0 Å². The molecule has 0 spiro atoms. The van der Waals surface area contributed by atoms with Crippen molar-refractivity contribution in [2.75, 3.05) is 13.7 Å². The molecule has 2 nitrogen and oxygen atoms in total. The summed E-state index contributed by atoms with van der Waals surface area (Å²) in [6.07, 6.45) is 8.08. The molecule has 0 amide bonds. The molecule has 0 N–H and O–H groups in total. The van der Waals surface area contributed by atoms with Gasteiger partial charge in [-0.1, -0.05) is 24.0 Å². The molecule has 1 aromatic rings. The highest BCUT2D eigenvalue weighted by Crippen LogP contribution is 2.13. The molecule has 0 saturated heterocycles. The zero-order valence-electron chi connectivity index (χ0n) is 10.7. The summed E-state index contributed by atoms with van der Waals surface area (Å²) in [6, 6.07) is 7.72. The molecule has 1 atom stereocenters. The van der Waals surface area contributed by atoms with E-state index in [1.54, 1.807) is 7.11 Å². The zero-order chi connectivity index (χ0) is 12.6. The van der Waals surface area contributed by atoms with E-state index in [2.05, 4.69) is 24.0 Å². The highest BCUT2D eigenvalue weighted by molar-refractivity contribution is 5.38. The normalized spacial score (nSPS) is 17.9. The summed E-state index contributed by atoms with van der Waals surface area (Å²) in [4.78, 5) is 0. The molecule has 0 bridgehead atoms. The Labute approximate surface area is 109 Å². The fraction of sp³-hybridized carbons (Fsp3) is 0.375. The van der Waals surface area contributed by atoms with Crippen molar-refractivity contribution in [1.82, 2.24) is 0 Å². The van der Waals surface area contributed by atoms with Gasteiger partial charge in [-0.3, -0.25) is 0 Å². The summed E-state index contributed by atoms with van der Waals surface area (Å²) in [5, 5.41) is 0. The molecule has 2 heteroatoms. The number of hydrogen-bond donors (Lipinski definition) is 0. The maximum absolute atomic E-state index is 5.66. The third-order valence-corrected chi connectivity index (χ3v) is 2.90. The fourth-order valence-corrected chi connectivity index (χ4v) is 1.88. The second-order valence-corrected chi connectivity index (χ2v) is 4.24. The third kappa shape index (κ3) is 3.94. The summed E-state index contributed by atoms with van der Waals surface area (Å²) in [5.74, 6) is 6.97.